The van der Waals surface area contributed by atoms with E-state index in [1.807, 2.05) is 0 Å². The first-order valence-corrected chi connectivity index (χ1v) is 2.78. The third-order valence-corrected chi connectivity index (χ3v) is 0.913. The van der Waals surface area contributed by atoms with Gasteiger partial charge >= 0.3 is 5.97 Å². The first kappa shape index (κ1) is 6.82. The number of aliphatic hydroxyl groups excluding tert-OH is 1. The molecule has 1 aromatic rings. The average Bonchev–Trinajstić information content (AvgIpc) is 2.40. The topological polar surface area (TPSA) is 51.5 Å². The molecular formula is C6H7NO3. The first-order valence-electron chi connectivity index (χ1n) is 2.78. The molecule has 0 aliphatic carbocycles. The fraction of sp³-hybridized carbons (Fsp3) is 0.167. The summed E-state index contributed by atoms with van der Waals surface area (Å²) in [7, 11) is 0. The number of aliphatic hydroxyl groups is 1. The summed E-state index contributed by atoms with van der Waals surface area (Å²) in [6.07, 6.45) is 3.13. The molecule has 0 radical (unpaired) electrons. The van der Waals surface area contributed by atoms with E-state index in [1.54, 1.807) is 24.5 Å². The van der Waals surface area contributed by atoms with Gasteiger partial charge < -0.3 is 9.94 Å². The maximum absolute atomic E-state index is 10.4. The van der Waals surface area contributed by atoms with Crippen molar-refractivity contribution in [1.82, 2.24) is 4.73 Å². The zero-order valence-electron chi connectivity index (χ0n) is 5.23. The summed E-state index contributed by atoms with van der Waals surface area (Å²) in [6.45, 7) is -0.599. The first-order chi connectivity index (χ1) is 4.83. The number of carbonyl (C=O) groups excluding carboxylic acids is 1. The molecule has 0 aromatic carbocycles. The number of hydrogen-bond acceptors (Lipinski definition) is 3. The van der Waals surface area contributed by atoms with E-state index in [2.05, 4.69) is 4.84 Å². The molecular weight excluding hydrogens is 134 g/mol. The highest BCUT2D eigenvalue weighted by Gasteiger charge is 1.98. The third-order valence-electron chi connectivity index (χ3n) is 0.913. The molecule has 0 saturated carbocycles. The fourth-order valence-electron chi connectivity index (χ4n) is 0.526. The Bertz CT molecular complexity index is 205. The van der Waals surface area contributed by atoms with Crippen LogP contribution in [0.25, 0.3) is 0 Å². The quantitative estimate of drug-likeness (QED) is 0.600. The van der Waals surface area contributed by atoms with Crippen LogP contribution in [-0.4, -0.2) is 22.4 Å². The molecule has 1 aromatic heterocycles. The molecule has 1 rings (SSSR count). The molecule has 10 heavy (non-hydrogen) atoms. The van der Waals surface area contributed by atoms with E-state index in [9.17, 15) is 4.79 Å². The summed E-state index contributed by atoms with van der Waals surface area (Å²) in [4.78, 5) is 14.9. The number of carbonyl (C=O) groups is 1. The molecule has 0 fully saturated rings. The van der Waals surface area contributed by atoms with E-state index in [0.717, 1.165) is 0 Å². The van der Waals surface area contributed by atoms with Gasteiger partial charge in [0.2, 0.25) is 0 Å². The fourth-order valence-corrected chi connectivity index (χ4v) is 0.526. The molecule has 54 valence electrons. The van der Waals surface area contributed by atoms with Crippen molar-refractivity contribution in [2.45, 2.75) is 0 Å². The van der Waals surface area contributed by atoms with Gasteiger partial charge in [-0.3, -0.25) is 0 Å². The SMILES string of the molecule is O=C(CO)On1cccc1. The van der Waals surface area contributed by atoms with Crippen LogP contribution >= 0.6 is 0 Å². The average molecular weight is 141 g/mol. The molecule has 4 heteroatoms. The van der Waals surface area contributed by atoms with Crippen molar-refractivity contribution in [2.24, 2.45) is 0 Å². The molecule has 0 spiro atoms. The Kier molecular flexibility index (Phi) is 2.07. The minimum Gasteiger partial charge on any atom is -0.385 e. The summed E-state index contributed by atoms with van der Waals surface area (Å²) in [5, 5.41) is 8.25. The van der Waals surface area contributed by atoms with E-state index in [-0.39, 0.29) is 0 Å². The zero-order chi connectivity index (χ0) is 7.40. The van der Waals surface area contributed by atoms with E-state index in [1.165, 1.54) is 4.73 Å². The predicted octanol–water partition coefficient (Wildman–Crippen LogP) is -0.564. The Morgan fingerprint density at radius 1 is 1.50 bits per heavy atom. The minimum absolute atomic E-state index is 0.599. The molecule has 0 bridgehead atoms. The molecule has 0 atom stereocenters. The second kappa shape index (κ2) is 3.03. The van der Waals surface area contributed by atoms with E-state index < -0.39 is 12.6 Å². The van der Waals surface area contributed by atoms with Gasteiger partial charge in [0.15, 0.2) is 0 Å². The Labute approximate surface area is 57.6 Å². The molecule has 0 aliphatic heterocycles. The lowest BCUT2D eigenvalue weighted by Gasteiger charge is -1.99. The molecule has 0 unspecified atom stereocenters. The molecule has 0 amide bonds. The Morgan fingerprint density at radius 2 is 2.10 bits per heavy atom. The number of aromatic nitrogens is 1. The second-order valence-corrected chi connectivity index (χ2v) is 1.66. The molecule has 0 aliphatic rings. The van der Waals surface area contributed by atoms with Crippen LogP contribution in [0.15, 0.2) is 24.5 Å². The van der Waals surface area contributed by atoms with E-state index in [4.69, 9.17) is 5.11 Å². The minimum atomic E-state index is -0.670. The molecule has 1 N–H and O–H groups in total. The van der Waals surface area contributed by atoms with Crippen molar-refractivity contribution in [2.75, 3.05) is 6.61 Å². The maximum atomic E-state index is 10.4. The molecule has 1 heterocycles. The standard InChI is InChI=1S/C6H7NO3/c8-5-6(9)10-7-3-1-2-4-7/h1-4,8H,5H2. The van der Waals surface area contributed by atoms with Crippen LogP contribution < -0.4 is 4.84 Å². The number of rotatable bonds is 2. The van der Waals surface area contributed by atoms with Crippen LogP contribution in [0.3, 0.4) is 0 Å². The highest BCUT2D eigenvalue weighted by Crippen LogP contribution is 1.84. The van der Waals surface area contributed by atoms with Gasteiger partial charge in [-0.25, -0.2) is 4.79 Å². The highest BCUT2D eigenvalue weighted by atomic mass is 16.7. The lowest BCUT2D eigenvalue weighted by atomic mass is 10.7. The van der Waals surface area contributed by atoms with Gasteiger partial charge in [0.05, 0.1) is 0 Å². The Morgan fingerprint density at radius 3 is 2.60 bits per heavy atom. The van der Waals surface area contributed by atoms with Crippen LogP contribution in [0.1, 0.15) is 0 Å². The Hall–Kier alpha value is -1.29. The van der Waals surface area contributed by atoms with Crippen LogP contribution in [-0.2, 0) is 4.79 Å². The van der Waals surface area contributed by atoms with Gasteiger partial charge in [-0.1, -0.05) is 0 Å². The van der Waals surface area contributed by atoms with E-state index in [0.29, 0.717) is 0 Å². The van der Waals surface area contributed by atoms with Crippen LogP contribution in [0.4, 0.5) is 0 Å². The smallest absolute Gasteiger partial charge is 0.357 e. The van der Waals surface area contributed by atoms with E-state index >= 15 is 0 Å². The summed E-state index contributed by atoms with van der Waals surface area (Å²) in [5.41, 5.74) is 0. The summed E-state index contributed by atoms with van der Waals surface area (Å²) in [5.74, 6) is -0.670. The van der Waals surface area contributed by atoms with Crippen LogP contribution in [0.2, 0.25) is 0 Å². The van der Waals surface area contributed by atoms with Gasteiger partial charge in [0.1, 0.15) is 6.61 Å². The number of nitrogens with zero attached hydrogens (tertiary/aromatic N) is 1. The van der Waals surface area contributed by atoms with Gasteiger partial charge in [-0.05, 0) is 12.1 Å². The summed E-state index contributed by atoms with van der Waals surface area (Å²) < 4.78 is 1.22. The lowest BCUT2D eigenvalue weighted by molar-refractivity contribution is -0.147. The highest BCUT2D eigenvalue weighted by molar-refractivity contribution is 5.70. The normalized spacial score (nSPS) is 9.30. The maximum Gasteiger partial charge on any atom is 0.357 e. The van der Waals surface area contributed by atoms with Crippen LogP contribution in [0, 0.1) is 0 Å². The van der Waals surface area contributed by atoms with Crippen LogP contribution in [0.5, 0.6) is 0 Å². The van der Waals surface area contributed by atoms with Gasteiger partial charge in [-0.2, -0.15) is 4.73 Å². The molecule has 4 nitrogen and oxygen atoms in total. The predicted molar refractivity (Wildman–Crippen MR) is 33.1 cm³/mol. The molecule has 0 saturated heterocycles. The summed E-state index contributed by atoms with van der Waals surface area (Å²) >= 11 is 0. The second-order valence-electron chi connectivity index (χ2n) is 1.66. The third kappa shape index (κ3) is 1.60. The van der Waals surface area contributed by atoms with Crippen molar-refractivity contribution in [1.29, 1.82) is 0 Å². The van der Waals surface area contributed by atoms with Crippen molar-refractivity contribution in [3.63, 3.8) is 0 Å². The van der Waals surface area contributed by atoms with Gasteiger partial charge in [-0.15, -0.1) is 0 Å². The van der Waals surface area contributed by atoms with Gasteiger partial charge in [0.25, 0.3) is 0 Å². The number of hydrogen-bond donors (Lipinski definition) is 1. The zero-order valence-corrected chi connectivity index (χ0v) is 5.23. The Balaban J connectivity index is 2.48. The lowest BCUT2D eigenvalue weighted by Crippen LogP contribution is -2.20. The largest absolute Gasteiger partial charge is 0.385 e. The monoisotopic (exact) mass is 141 g/mol. The van der Waals surface area contributed by atoms with Crippen molar-refractivity contribution in [3.8, 4) is 0 Å². The van der Waals surface area contributed by atoms with Crippen molar-refractivity contribution >= 4 is 5.97 Å². The van der Waals surface area contributed by atoms with Gasteiger partial charge in [0, 0.05) is 12.4 Å². The van der Waals surface area contributed by atoms with Crippen molar-refractivity contribution in [3.05, 3.63) is 24.5 Å². The summed E-state index contributed by atoms with van der Waals surface area (Å²) in [6, 6.07) is 3.43. The van der Waals surface area contributed by atoms with Crippen molar-refractivity contribution < 1.29 is 14.7 Å².